The Morgan fingerprint density at radius 2 is 1.82 bits per heavy atom. The Kier molecular flexibility index (Phi) is 5.90. The molecule has 11 heteroatoms. The van der Waals surface area contributed by atoms with Gasteiger partial charge in [-0.15, -0.1) is 0 Å². The van der Waals surface area contributed by atoms with Crippen LogP contribution >= 0.6 is 0 Å². The summed E-state index contributed by atoms with van der Waals surface area (Å²) >= 11 is 0. The Morgan fingerprint density at radius 3 is 2.70 bits per heavy atom. The van der Waals surface area contributed by atoms with Crippen LogP contribution in [0.3, 0.4) is 0 Å². The molecule has 0 radical (unpaired) electrons. The summed E-state index contributed by atoms with van der Waals surface area (Å²) in [5, 5.41) is 11.2. The summed E-state index contributed by atoms with van der Waals surface area (Å²) in [6, 6.07) is 12.0. The van der Waals surface area contributed by atoms with Gasteiger partial charge >= 0.3 is 6.03 Å². The molecule has 1 saturated heterocycles. The number of imidazole rings is 1. The van der Waals surface area contributed by atoms with E-state index in [4.69, 9.17) is 9.72 Å². The Morgan fingerprint density at radius 1 is 0.975 bits per heavy atom. The minimum atomic E-state index is -0.169. The number of H-pyrrole nitrogens is 2. The van der Waals surface area contributed by atoms with E-state index < -0.39 is 0 Å². The number of ether oxygens (including phenoxy) is 1. The molecule has 5 aromatic heterocycles. The van der Waals surface area contributed by atoms with E-state index in [9.17, 15) is 4.79 Å². The van der Waals surface area contributed by atoms with Crippen LogP contribution < -0.4 is 5.32 Å². The number of fused-ring (bicyclic) bond motifs is 2. The molecule has 0 unspecified atom stereocenters. The minimum Gasteiger partial charge on any atom is -0.378 e. The molecule has 7 rings (SSSR count). The molecule has 6 aromatic rings. The van der Waals surface area contributed by atoms with Crippen LogP contribution in [0.25, 0.3) is 55.8 Å². The number of aromatic nitrogens is 7. The topological polar surface area (TPSA) is 138 Å². The fraction of sp³-hybridized carbons (Fsp3) is 0.172. The highest BCUT2D eigenvalue weighted by atomic mass is 16.5. The SMILES string of the molecule is Cc1cccc(-c2cncc3[nH]c(-c4[nH]nc5ncc(-c6cncc(NC(=O)N7CCOCC7)c6)cc45)nc23)c1. The molecule has 1 aliphatic heterocycles. The van der Waals surface area contributed by atoms with E-state index in [0.717, 1.165) is 44.4 Å². The summed E-state index contributed by atoms with van der Waals surface area (Å²) in [4.78, 5) is 36.1. The fourth-order valence-corrected chi connectivity index (χ4v) is 4.95. The lowest BCUT2D eigenvalue weighted by molar-refractivity contribution is 0.0564. The van der Waals surface area contributed by atoms with Gasteiger partial charge in [0.2, 0.25) is 0 Å². The normalized spacial score (nSPS) is 13.7. The summed E-state index contributed by atoms with van der Waals surface area (Å²) in [6.45, 7) is 4.27. The molecule has 0 aliphatic carbocycles. The third kappa shape index (κ3) is 4.41. The number of morpholine rings is 1. The molecule has 1 aromatic carbocycles. The Bertz CT molecular complexity index is 1870. The molecular formula is C29H25N9O2. The molecular weight excluding hydrogens is 506 g/mol. The summed E-state index contributed by atoms with van der Waals surface area (Å²) in [5.41, 5.74) is 8.39. The Balaban J connectivity index is 1.23. The zero-order chi connectivity index (χ0) is 27.1. The van der Waals surface area contributed by atoms with E-state index in [-0.39, 0.29) is 6.03 Å². The van der Waals surface area contributed by atoms with Crippen LogP contribution in [0.15, 0.2) is 67.4 Å². The quantitative estimate of drug-likeness (QED) is 0.297. The van der Waals surface area contributed by atoms with Gasteiger partial charge in [0.15, 0.2) is 11.5 Å². The number of nitrogens with zero attached hydrogens (tertiary/aromatic N) is 6. The molecule has 11 nitrogen and oxygen atoms in total. The molecule has 1 aliphatic rings. The number of hydrogen-bond acceptors (Lipinski definition) is 7. The predicted octanol–water partition coefficient (Wildman–Crippen LogP) is 4.80. The van der Waals surface area contributed by atoms with Gasteiger partial charge in [-0.1, -0.05) is 29.8 Å². The van der Waals surface area contributed by atoms with Crippen molar-refractivity contribution in [1.82, 2.24) is 40.0 Å². The van der Waals surface area contributed by atoms with Crippen LogP contribution in [0.5, 0.6) is 0 Å². The predicted molar refractivity (Wildman–Crippen MR) is 152 cm³/mol. The lowest BCUT2D eigenvalue weighted by atomic mass is 10.0. The highest BCUT2D eigenvalue weighted by molar-refractivity contribution is 5.97. The highest BCUT2D eigenvalue weighted by Crippen LogP contribution is 2.32. The summed E-state index contributed by atoms with van der Waals surface area (Å²) in [7, 11) is 0. The molecule has 40 heavy (non-hydrogen) atoms. The van der Waals surface area contributed by atoms with E-state index in [2.05, 4.69) is 60.6 Å². The lowest BCUT2D eigenvalue weighted by Gasteiger charge is -2.26. The first-order valence-corrected chi connectivity index (χ1v) is 13.0. The van der Waals surface area contributed by atoms with Crippen molar-refractivity contribution in [2.24, 2.45) is 0 Å². The number of hydrogen-bond donors (Lipinski definition) is 3. The fourth-order valence-electron chi connectivity index (χ4n) is 4.95. The van der Waals surface area contributed by atoms with Crippen LogP contribution in [0.1, 0.15) is 5.56 Å². The van der Waals surface area contributed by atoms with E-state index in [1.165, 1.54) is 5.56 Å². The zero-order valence-electron chi connectivity index (χ0n) is 21.7. The summed E-state index contributed by atoms with van der Waals surface area (Å²) in [6.07, 6.45) is 8.73. The average Bonchev–Trinajstić information content (AvgIpc) is 3.61. The van der Waals surface area contributed by atoms with E-state index in [0.29, 0.717) is 43.5 Å². The second kappa shape index (κ2) is 9.86. The maximum Gasteiger partial charge on any atom is 0.322 e. The molecule has 0 atom stereocenters. The van der Waals surface area contributed by atoms with Gasteiger partial charge in [0.25, 0.3) is 0 Å². The van der Waals surface area contributed by atoms with Crippen molar-refractivity contribution in [2.75, 3.05) is 31.6 Å². The second-order valence-electron chi connectivity index (χ2n) is 9.72. The zero-order valence-corrected chi connectivity index (χ0v) is 21.7. The maximum absolute atomic E-state index is 12.7. The number of benzene rings is 1. The molecule has 2 amide bonds. The van der Waals surface area contributed by atoms with Crippen LogP contribution in [0, 0.1) is 6.92 Å². The van der Waals surface area contributed by atoms with Gasteiger partial charge in [0, 0.05) is 48.4 Å². The van der Waals surface area contributed by atoms with Gasteiger partial charge in [-0.3, -0.25) is 15.1 Å². The molecule has 3 N–H and O–H groups in total. The number of anilines is 1. The van der Waals surface area contributed by atoms with Gasteiger partial charge < -0.3 is 19.9 Å². The van der Waals surface area contributed by atoms with Crippen molar-refractivity contribution in [1.29, 1.82) is 0 Å². The standard InChI is InChI=1S/C29H25N9O2/c1-17-3-2-4-18(9-17)23-15-31-16-24-25(23)35-28(34-24)26-22-11-20(13-32-27(22)37-36-26)19-10-21(14-30-12-19)33-29(39)38-5-7-40-8-6-38/h2-4,9-16H,5-8H2,1H3,(H,33,39)(H,34,35)(H,32,36,37). The van der Waals surface area contributed by atoms with E-state index in [1.807, 2.05) is 24.4 Å². The number of aromatic amines is 2. The van der Waals surface area contributed by atoms with E-state index >= 15 is 0 Å². The van der Waals surface area contributed by atoms with Crippen LogP contribution in [0.4, 0.5) is 10.5 Å². The van der Waals surface area contributed by atoms with Gasteiger partial charge in [0.1, 0.15) is 5.69 Å². The number of amides is 2. The van der Waals surface area contributed by atoms with Crippen molar-refractivity contribution in [3.63, 3.8) is 0 Å². The summed E-state index contributed by atoms with van der Waals surface area (Å²) < 4.78 is 5.34. The average molecular weight is 532 g/mol. The van der Waals surface area contributed by atoms with Gasteiger partial charge in [0.05, 0.1) is 47.7 Å². The number of rotatable bonds is 4. The van der Waals surface area contributed by atoms with Crippen molar-refractivity contribution >= 4 is 33.8 Å². The van der Waals surface area contributed by atoms with Gasteiger partial charge in [-0.05, 0) is 24.6 Å². The number of pyridine rings is 3. The molecule has 1 fully saturated rings. The number of nitrogens with one attached hydrogen (secondary N) is 3. The Labute approximate surface area is 228 Å². The third-order valence-electron chi connectivity index (χ3n) is 6.99. The maximum atomic E-state index is 12.7. The first-order valence-electron chi connectivity index (χ1n) is 13.0. The highest BCUT2D eigenvalue weighted by Gasteiger charge is 2.18. The summed E-state index contributed by atoms with van der Waals surface area (Å²) in [5.74, 6) is 0.642. The monoisotopic (exact) mass is 531 g/mol. The number of carbonyl (C=O) groups excluding carboxylic acids is 1. The van der Waals surface area contributed by atoms with Crippen LogP contribution in [-0.4, -0.2) is 72.4 Å². The molecule has 0 saturated carbocycles. The molecule has 0 spiro atoms. The van der Waals surface area contributed by atoms with Crippen LogP contribution in [0.2, 0.25) is 0 Å². The molecule has 6 heterocycles. The minimum absolute atomic E-state index is 0.169. The Hall–Kier alpha value is -5.16. The number of carbonyl (C=O) groups is 1. The lowest BCUT2D eigenvalue weighted by Crippen LogP contribution is -2.43. The first-order chi connectivity index (χ1) is 19.6. The molecule has 0 bridgehead atoms. The molecule has 198 valence electrons. The van der Waals surface area contributed by atoms with Crippen LogP contribution in [-0.2, 0) is 4.74 Å². The van der Waals surface area contributed by atoms with E-state index in [1.54, 1.807) is 29.7 Å². The largest absolute Gasteiger partial charge is 0.378 e. The number of urea groups is 1. The second-order valence-corrected chi connectivity index (χ2v) is 9.72. The van der Waals surface area contributed by atoms with Crippen molar-refractivity contribution in [3.8, 4) is 33.8 Å². The number of aryl methyl sites for hydroxylation is 1. The van der Waals surface area contributed by atoms with Crippen molar-refractivity contribution in [3.05, 3.63) is 72.9 Å². The smallest absolute Gasteiger partial charge is 0.322 e. The van der Waals surface area contributed by atoms with Crippen molar-refractivity contribution in [2.45, 2.75) is 6.92 Å². The van der Waals surface area contributed by atoms with Gasteiger partial charge in [-0.25, -0.2) is 14.8 Å². The van der Waals surface area contributed by atoms with Crippen molar-refractivity contribution < 1.29 is 9.53 Å². The van der Waals surface area contributed by atoms with Gasteiger partial charge in [-0.2, -0.15) is 5.10 Å². The first kappa shape index (κ1) is 23.9. The third-order valence-corrected chi connectivity index (χ3v) is 6.99.